The van der Waals surface area contributed by atoms with Crippen molar-refractivity contribution in [1.82, 2.24) is 4.31 Å². The second-order valence-corrected chi connectivity index (χ2v) is 6.17. The van der Waals surface area contributed by atoms with Gasteiger partial charge in [-0.05, 0) is 31.5 Å². The molecule has 6 nitrogen and oxygen atoms in total. The van der Waals surface area contributed by atoms with Gasteiger partial charge in [-0.25, -0.2) is 8.42 Å². The second-order valence-electron chi connectivity index (χ2n) is 4.26. The number of esters is 1. The monoisotopic (exact) mass is 300 g/mol. The van der Waals surface area contributed by atoms with Gasteiger partial charge in [0.15, 0.2) is 0 Å². The summed E-state index contributed by atoms with van der Waals surface area (Å²) in [6.45, 7) is 5.11. The van der Waals surface area contributed by atoms with E-state index in [1.165, 1.54) is 6.07 Å². The molecule has 0 bridgehead atoms. The fourth-order valence-electron chi connectivity index (χ4n) is 1.75. The van der Waals surface area contributed by atoms with E-state index < -0.39 is 16.0 Å². The van der Waals surface area contributed by atoms with Gasteiger partial charge in [0.2, 0.25) is 10.0 Å². The largest absolute Gasteiger partial charge is 0.465 e. The second kappa shape index (κ2) is 6.71. The van der Waals surface area contributed by atoms with Crippen LogP contribution in [0.5, 0.6) is 0 Å². The summed E-state index contributed by atoms with van der Waals surface area (Å²) < 4.78 is 30.9. The molecule has 112 valence electrons. The van der Waals surface area contributed by atoms with Crippen LogP contribution in [0.15, 0.2) is 23.1 Å². The maximum atomic E-state index is 12.5. The van der Waals surface area contributed by atoms with Crippen molar-refractivity contribution in [3.05, 3.63) is 23.8 Å². The van der Waals surface area contributed by atoms with Crippen LogP contribution in [0, 0.1) is 6.92 Å². The van der Waals surface area contributed by atoms with Gasteiger partial charge >= 0.3 is 5.97 Å². The highest BCUT2D eigenvalue weighted by Gasteiger charge is 2.27. The molecule has 0 radical (unpaired) electrons. The summed E-state index contributed by atoms with van der Waals surface area (Å²) in [6, 6.07) is 4.68. The van der Waals surface area contributed by atoms with Crippen molar-refractivity contribution in [2.45, 2.75) is 25.7 Å². The van der Waals surface area contributed by atoms with Crippen LogP contribution in [0.3, 0.4) is 0 Å². The van der Waals surface area contributed by atoms with Crippen LogP contribution in [0.25, 0.3) is 0 Å². The third-order valence-corrected chi connectivity index (χ3v) is 4.86. The summed E-state index contributed by atoms with van der Waals surface area (Å²) in [4.78, 5) is 11.6. The topological polar surface area (TPSA) is 89.7 Å². The molecular weight excluding hydrogens is 280 g/mol. The lowest BCUT2D eigenvalue weighted by Crippen LogP contribution is -2.36. The number of hydrogen-bond donors (Lipinski definition) is 1. The predicted octanol–water partition coefficient (Wildman–Crippen LogP) is 1.15. The minimum atomic E-state index is -3.77. The number of carbonyl (C=O) groups excluding carboxylic acids is 1. The first-order valence-corrected chi connectivity index (χ1v) is 7.78. The molecule has 0 saturated carbocycles. The quantitative estimate of drug-likeness (QED) is 0.629. The molecule has 1 rings (SSSR count). The molecule has 1 aromatic carbocycles. The molecule has 20 heavy (non-hydrogen) atoms. The Morgan fingerprint density at radius 1 is 1.35 bits per heavy atom. The van der Waals surface area contributed by atoms with Crippen LogP contribution in [-0.2, 0) is 19.6 Å². The number of ether oxygens (including phenoxy) is 1. The Balaban J connectivity index is 3.12. The number of aryl methyl sites for hydroxylation is 1. The summed E-state index contributed by atoms with van der Waals surface area (Å²) in [5.74, 6) is -0.570. The maximum absolute atomic E-state index is 12.5. The lowest BCUT2D eigenvalue weighted by Gasteiger charge is -2.20. The predicted molar refractivity (Wildman–Crippen MR) is 76.7 cm³/mol. The zero-order valence-electron chi connectivity index (χ0n) is 11.9. The zero-order valence-corrected chi connectivity index (χ0v) is 12.7. The molecule has 0 unspecified atom stereocenters. The average molecular weight is 300 g/mol. The molecule has 0 aliphatic rings. The SMILES string of the molecule is CCOC(=O)CN(CC)S(=O)(=O)c1cc(N)ccc1C. The van der Waals surface area contributed by atoms with Gasteiger partial charge in [-0.1, -0.05) is 13.0 Å². The number of sulfonamides is 1. The van der Waals surface area contributed by atoms with E-state index in [-0.39, 0.29) is 24.6 Å². The van der Waals surface area contributed by atoms with E-state index >= 15 is 0 Å². The normalized spacial score (nSPS) is 11.6. The molecule has 1 aromatic rings. The van der Waals surface area contributed by atoms with Crippen molar-refractivity contribution in [3.8, 4) is 0 Å². The number of hydrogen-bond acceptors (Lipinski definition) is 5. The minimum Gasteiger partial charge on any atom is -0.465 e. The van der Waals surface area contributed by atoms with Gasteiger partial charge in [0.25, 0.3) is 0 Å². The number of rotatable bonds is 6. The van der Waals surface area contributed by atoms with Crippen molar-refractivity contribution < 1.29 is 17.9 Å². The fraction of sp³-hybridized carbons (Fsp3) is 0.462. The Hall–Kier alpha value is -1.60. The first-order chi connectivity index (χ1) is 9.32. The van der Waals surface area contributed by atoms with Gasteiger partial charge in [0.1, 0.15) is 6.54 Å². The molecule has 7 heteroatoms. The number of likely N-dealkylation sites (N-methyl/N-ethyl adjacent to an activating group) is 1. The number of nitrogen functional groups attached to an aromatic ring is 1. The Bertz CT molecular complexity index is 584. The van der Waals surface area contributed by atoms with Gasteiger partial charge < -0.3 is 10.5 Å². The Morgan fingerprint density at radius 2 is 2.00 bits per heavy atom. The summed E-state index contributed by atoms with van der Waals surface area (Å²) in [6.07, 6.45) is 0. The molecule has 0 aliphatic heterocycles. The van der Waals surface area contributed by atoms with Crippen LogP contribution >= 0.6 is 0 Å². The van der Waals surface area contributed by atoms with Gasteiger partial charge in [-0.2, -0.15) is 4.31 Å². The fourth-order valence-corrected chi connectivity index (χ4v) is 3.40. The summed E-state index contributed by atoms with van der Waals surface area (Å²) in [7, 11) is -3.77. The zero-order chi connectivity index (χ0) is 15.3. The van der Waals surface area contributed by atoms with Gasteiger partial charge in [0, 0.05) is 12.2 Å². The number of anilines is 1. The molecular formula is C13H20N2O4S. The van der Waals surface area contributed by atoms with Gasteiger partial charge in [0.05, 0.1) is 11.5 Å². The molecule has 0 fully saturated rings. The average Bonchev–Trinajstić information content (AvgIpc) is 2.38. The molecule has 0 atom stereocenters. The van der Waals surface area contributed by atoms with E-state index in [4.69, 9.17) is 10.5 Å². The van der Waals surface area contributed by atoms with Crippen molar-refractivity contribution >= 4 is 21.7 Å². The molecule has 0 aliphatic carbocycles. The maximum Gasteiger partial charge on any atom is 0.321 e. The standard InChI is InChI=1S/C13H20N2O4S/c1-4-15(9-13(16)19-5-2)20(17,18)12-8-11(14)7-6-10(12)3/h6-8H,4-5,9,14H2,1-3H3. The van der Waals surface area contributed by atoms with Crippen molar-refractivity contribution in [2.24, 2.45) is 0 Å². The van der Waals surface area contributed by atoms with Crippen LogP contribution in [0.2, 0.25) is 0 Å². The number of nitrogens with two attached hydrogens (primary N) is 1. The summed E-state index contributed by atoms with van der Waals surface area (Å²) >= 11 is 0. The molecule has 2 N–H and O–H groups in total. The highest BCUT2D eigenvalue weighted by molar-refractivity contribution is 7.89. The van der Waals surface area contributed by atoms with E-state index in [1.807, 2.05) is 0 Å². The smallest absolute Gasteiger partial charge is 0.321 e. The molecule has 0 saturated heterocycles. The van der Waals surface area contributed by atoms with Crippen LogP contribution in [-0.4, -0.2) is 38.4 Å². The molecule has 0 spiro atoms. The van der Waals surface area contributed by atoms with E-state index in [9.17, 15) is 13.2 Å². The summed E-state index contributed by atoms with van der Waals surface area (Å²) in [5, 5.41) is 0. The highest BCUT2D eigenvalue weighted by atomic mass is 32.2. The van der Waals surface area contributed by atoms with Gasteiger partial charge in [-0.15, -0.1) is 0 Å². The third-order valence-electron chi connectivity index (χ3n) is 2.79. The Morgan fingerprint density at radius 3 is 2.55 bits per heavy atom. The Kier molecular flexibility index (Phi) is 5.52. The third kappa shape index (κ3) is 3.71. The molecule has 0 heterocycles. The van der Waals surface area contributed by atoms with Crippen molar-refractivity contribution in [3.63, 3.8) is 0 Å². The van der Waals surface area contributed by atoms with Crippen LogP contribution < -0.4 is 5.73 Å². The minimum absolute atomic E-state index is 0.114. The van der Waals surface area contributed by atoms with Gasteiger partial charge in [-0.3, -0.25) is 4.79 Å². The first-order valence-electron chi connectivity index (χ1n) is 6.34. The van der Waals surface area contributed by atoms with Crippen molar-refractivity contribution in [1.29, 1.82) is 0 Å². The lowest BCUT2D eigenvalue weighted by atomic mass is 10.2. The van der Waals surface area contributed by atoms with E-state index in [2.05, 4.69) is 0 Å². The van der Waals surface area contributed by atoms with Crippen LogP contribution in [0.1, 0.15) is 19.4 Å². The number of nitrogens with zero attached hydrogens (tertiary/aromatic N) is 1. The number of carbonyl (C=O) groups is 1. The summed E-state index contributed by atoms with van der Waals surface area (Å²) in [5.41, 5.74) is 6.59. The van der Waals surface area contributed by atoms with E-state index in [1.54, 1.807) is 32.9 Å². The number of benzene rings is 1. The lowest BCUT2D eigenvalue weighted by molar-refractivity contribution is -0.143. The van der Waals surface area contributed by atoms with Crippen LogP contribution in [0.4, 0.5) is 5.69 Å². The van der Waals surface area contributed by atoms with E-state index in [0.29, 0.717) is 11.3 Å². The highest BCUT2D eigenvalue weighted by Crippen LogP contribution is 2.22. The Labute approximate surface area is 119 Å². The molecule has 0 aromatic heterocycles. The first kappa shape index (κ1) is 16.5. The molecule has 0 amide bonds. The van der Waals surface area contributed by atoms with E-state index in [0.717, 1.165) is 4.31 Å². The van der Waals surface area contributed by atoms with Crippen molar-refractivity contribution in [2.75, 3.05) is 25.4 Å².